The Bertz CT molecular complexity index is 286. The van der Waals surface area contributed by atoms with Crippen LogP contribution in [0, 0.1) is 5.92 Å². The van der Waals surface area contributed by atoms with E-state index >= 15 is 0 Å². The molecule has 2 aliphatic rings. The predicted octanol–water partition coefficient (Wildman–Crippen LogP) is 0.714. The molecule has 3 N–H and O–H groups in total. The fourth-order valence-electron chi connectivity index (χ4n) is 2.29. The van der Waals surface area contributed by atoms with Gasteiger partial charge < -0.3 is 10.6 Å². The Morgan fingerprint density at radius 1 is 1.41 bits per heavy atom. The lowest BCUT2D eigenvalue weighted by molar-refractivity contribution is -0.124. The second kappa shape index (κ2) is 4.94. The Morgan fingerprint density at radius 3 is 2.47 bits per heavy atom. The van der Waals surface area contributed by atoms with Gasteiger partial charge in [-0.15, -0.1) is 0 Å². The molecule has 0 aromatic heterocycles. The molecular formula is C13H25N3O. The van der Waals surface area contributed by atoms with Crippen LogP contribution in [0.5, 0.6) is 0 Å². The number of likely N-dealkylation sites (N-methyl/N-ethyl adjacent to an activating group) is 1. The molecule has 0 aromatic rings. The van der Waals surface area contributed by atoms with Crippen molar-refractivity contribution in [2.75, 3.05) is 19.6 Å². The van der Waals surface area contributed by atoms with Crippen LogP contribution in [0.25, 0.3) is 0 Å². The largest absolute Gasteiger partial charge is 0.368 e. The van der Waals surface area contributed by atoms with Crippen LogP contribution in [-0.2, 0) is 4.79 Å². The van der Waals surface area contributed by atoms with Crippen molar-refractivity contribution in [3.05, 3.63) is 0 Å². The Kier molecular flexibility index (Phi) is 3.73. The first-order chi connectivity index (χ1) is 8.03. The highest BCUT2D eigenvalue weighted by molar-refractivity contribution is 5.84. The average molecular weight is 239 g/mol. The molecule has 0 aromatic carbocycles. The normalized spacial score (nSPS) is 23.7. The van der Waals surface area contributed by atoms with Gasteiger partial charge >= 0.3 is 0 Å². The van der Waals surface area contributed by atoms with Crippen molar-refractivity contribution < 1.29 is 4.79 Å². The SMILES string of the molecule is CCN(CC1CC1)CC(C)(NC1CC1)C(N)=O. The average Bonchev–Trinajstić information content (AvgIpc) is 3.12. The minimum absolute atomic E-state index is 0.223. The number of nitrogens with one attached hydrogen (secondary N) is 1. The van der Waals surface area contributed by atoms with E-state index in [1.807, 2.05) is 6.92 Å². The van der Waals surface area contributed by atoms with Crippen LogP contribution in [0.15, 0.2) is 0 Å². The van der Waals surface area contributed by atoms with Crippen LogP contribution in [0.4, 0.5) is 0 Å². The predicted molar refractivity (Wildman–Crippen MR) is 68.6 cm³/mol. The molecule has 0 saturated heterocycles. The van der Waals surface area contributed by atoms with Gasteiger partial charge in [0.05, 0.1) is 0 Å². The Balaban J connectivity index is 1.90. The monoisotopic (exact) mass is 239 g/mol. The minimum Gasteiger partial charge on any atom is -0.368 e. The number of rotatable bonds is 8. The molecule has 2 saturated carbocycles. The number of hydrogen-bond acceptors (Lipinski definition) is 3. The summed E-state index contributed by atoms with van der Waals surface area (Å²) in [7, 11) is 0. The third-order valence-electron chi connectivity index (χ3n) is 3.84. The summed E-state index contributed by atoms with van der Waals surface area (Å²) in [5.74, 6) is 0.631. The van der Waals surface area contributed by atoms with E-state index < -0.39 is 5.54 Å². The van der Waals surface area contributed by atoms with Crippen molar-refractivity contribution in [1.82, 2.24) is 10.2 Å². The number of nitrogens with two attached hydrogens (primary N) is 1. The maximum atomic E-state index is 11.7. The van der Waals surface area contributed by atoms with E-state index in [2.05, 4.69) is 17.1 Å². The molecular weight excluding hydrogens is 214 g/mol. The van der Waals surface area contributed by atoms with Gasteiger partial charge in [-0.3, -0.25) is 10.1 Å². The second-order valence-corrected chi connectivity index (χ2v) is 5.89. The summed E-state index contributed by atoms with van der Waals surface area (Å²) in [4.78, 5) is 14.0. The van der Waals surface area contributed by atoms with Crippen LogP contribution < -0.4 is 11.1 Å². The van der Waals surface area contributed by atoms with Crippen LogP contribution in [0.2, 0.25) is 0 Å². The zero-order valence-electron chi connectivity index (χ0n) is 11.0. The minimum atomic E-state index is -0.563. The molecule has 0 radical (unpaired) electrons. The maximum Gasteiger partial charge on any atom is 0.238 e. The van der Waals surface area contributed by atoms with Gasteiger partial charge in [0, 0.05) is 19.1 Å². The Labute approximate surface area is 104 Å². The highest BCUT2D eigenvalue weighted by atomic mass is 16.1. The van der Waals surface area contributed by atoms with Crippen molar-refractivity contribution in [1.29, 1.82) is 0 Å². The lowest BCUT2D eigenvalue weighted by atomic mass is 10.00. The van der Waals surface area contributed by atoms with E-state index in [9.17, 15) is 4.79 Å². The van der Waals surface area contributed by atoms with Gasteiger partial charge in [0.15, 0.2) is 0 Å². The van der Waals surface area contributed by atoms with Gasteiger partial charge in [-0.25, -0.2) is 0 Å². The molecule has 0 bridgehead atoms. The van der Waals surface area contributed by atoms with Gasteiger partial charge in [0.25, 0.3) is 0 Å². The summed E-state index contributed by atoms with van der Waals surface area (Å²) in [5.41, 5.74) is 5.00. The van der Waals surface area contributed by atoms with E-state index in [-0.39, 0.29) is 5.91 Å². The number of carbonyl (C=O) groups is 1. The van der Waals surface area contributed by atoms with E-state index in [0.29, 0.717) is 6.04 Å². The lowest BCUT2D eigenvalue weighted by Crippen LogP contribution is -2.60. The van der Waals surface area contributed by atoms with Gasteiger partial charge in [0.2, 0.25) is 5.91 Å². The van der Waals surface area contributed by atoms with Crippen molar-refractivity contribution in [2.45, 2.75) is 51.1 Å². The molecule has 2 aliphatic carbocycles. The quantitative estimate of drug-likeness (QED) is 0.656. The summed E-state index contributed by atoms with van der Waals surface area (Å²) < 4.78 is 0. The van der Waals surface area contributed by atoms with E-state index in [1.54, 1.807) is 0 Å². The summed E-state index contributed by atoms with van der Waals surface area (Å²) in [6, 6.07) is 0.507. The van der Waals surface area contributed by atoms with Gasteiger partial charge in [-0.1, -0.05) is 6.92 Å². The molecule has 0 spiro atoms. The first-order valence-corrected chi connectivity index (χ1v) is 6.83. The summed E-state index contributed by atoms with van der Waals surface area (Å²) in [6.45, 7) is 6.95. The standard InChI is InChI=1S/C13H25N3O/c1-3-16(8-10-4-5-10)9-13(2,12(14)17)15-11-6-7-11/h10-11,15H,3-9H2,1-2H3,(H2,14,17). The highest BCUT2D eigenvalue weighted by Crippen LogP contribution is 2.30. The first kappa shape index (κ1) is 12.8. The first-order valence-electron chi connectivity index (χ1n) is 6.83. The molecule has 98 valence electrons. The number of carbonyl (C=O) groups excluding carboxylic acids is 1. The Morgan fingerprint density at radius 2 is 2.06 bits per heavy atom. The van der Waals surface area contributed by atoms with E-state index in [4.69, 9.17) is 5.73 Å². The van der Waals surface area contributed by atoms with Gasteiger partial charge in [0.1, 0.15) is 5.54 Å². The summed E-state index contributed by atoms with van der Waals surface area (Å²) >= 11 is 0. The van der Waals surface area contributed by atoms with Crippen molar-refractivity contribution in [2.24, 2.45) is 11.7 Å². The molecule has 0 heterocycles. The number of amides is 1. The maximum absolute atomic E-state index is 11.7. The van der Waals surface area contributed by atoms with E-state index in [1.165, 1.54) is 25.7 Å². The number of hydrogen-bond donors (Lipinski definition) is 2. The topological polar surface area (TPSA) is 58.4 Å². The number of primary amides is 1. The van der Waals surface area contributed by atoms with Crippen LogP contribution in [0.3, 0.4) is 0 Å². The summed E-state index contributed by atoms with van der Waals surface area (Å²) in [6.07, 6.45) is 5.05. The highest BCUT2D eigenvalue weighted by Gasteiger charge is 2.38. The third-order valence-corrected chi connectivity index (χ3v) is 3.84. The molecule has 1 unspecified atom stereocenters. The Hall–Kier alpha value is -0.610. The van der Waals surface area contributed by atoms with Crippen molar-refractivity contribution in [3.63, 3.8) is 0 Å². The third kappa shape index (κ3) is 3.68. The molecule has 4 heteroatoms. The number of nitrogens with zero attached hydrogens (tertiary/aromatic N) is 1. The lowest BCUT2D eigenvalue weighted by Gasteiger charge is -2.33. The fourth-order valence-corrected chi connectivity index (χ4v) is 2.29. The second-order valence-electron chi connectivity index (χ2n) is 5.89. The summed E-state index contributed by atoms with van der Waals surface area (Å²) in [5, 5.41) is 3.41. The zero-order chi connectivity index (χ0) is 12.5. The molecule has 4 nitrogen and oxygen atoms in total. The van der Waals surface area contributed by atoms with Crippen molar-refractivity contribution >= 4 is 5.91 Å². The molecule has 0 aliphatic heterocycles. The van der Waals surface area contributed by atoms with Crippen LogP contribution >= 0.6 is 0 Å². The van der Waals surface area contributed by atoms with E-state index in [0.717, 1.165) is 25.6 Å². The molecule has 2 fully saturated rings. The molecule has 17 heavy (non-hydrogen) atoms. The van der Waals surface area contributed by atoms with Crippen LogP contribution in [-0.4, -0.2) is 42.0 Å². The zero-order valence-corrected chi connectivity index (χ0v) is 11.0. The smallest absolute Gasteiger partial charge is 0.238 e. The van der Waals surface area contributed by atoms with Gasteiger partial charge in [-0.2, -0.15) is 0 Å². The molecule has 2 rings (SSSR count). The fraction of sp³-hybridized carbons (Fsp3) is 0.923. The molecule has 1 amide bonds. The van der Waals surface area contributed by atoms with Crippen LogP contribution in [0.1, 0.15) is 39.5 Å². The van der Waals surface area contributed by atoms with Gasteiger partial charge in [-0.05, 0) is 45.1 Å². The molecule has 1 atom stereocenters. The van der Waals surface area contributed by atoms with Crippen molar-refractivity contribution in [3.8, 4) is 0 Å².